The maximum Gasteiger partial charge on any atom is 0.248 e. The van der Waals surface area contributed by atoms with Gasteiger partial charge in [0.25, 0.3) is 0 Å². The second-order valence-electron chi connectivity index (χ2n) is 5.46. The fourth-order valence-corrected chi connectivity index (χ4v) is 2.82. The van der Waals surface area contributed by atoms with E-state index in [-0.39, 0.29) is 11.7 Å². The zero-order valence-electron chi connectivity index (χ0n) is 13.4. The molecule has 1 aliphatic rings. The lowest BCUT2D eigenvalue weighted by Gasteiger charge is -2.08. The molecule has 0 spiro atoms. The van der Waals surface area contributed by atoms with Gasteiger partial charge in [-0.2, -0.15) is 0 Å². The predicted octanol–water partition coefficient (Wildman–Crippen LogP) is 2.02. The van der Waals surface area contributed by atoms with E-state index in [0.29, 0.717) is 17.2 Å². The number of amides is 1. The van der Waals surface area contributed by atoms with E-state index in [2.05, 4.69) is 5.32 Å². The summed E-state index contributed by atoms with van der Waals surface area (Å²) in [6.07, 6.45) is 2.97. The highest BCUT2D eigenvalue weighted by Gasteiger charge is 2.13. The summed E-state index contributed by atoms with van der Waals surface area (Å²) in [4.78, 5) is 12.0. The van der Waals surface area contributed by atoms with Gasteiger partial charge in [0.05, 0.1) is 4.90 Å². The fraction of sp³-hybridized carbons (Fsp3) is 0.118. The van der Waals surface area contributed by atoms with Crippen molar-refractivity contribution in [3.8, 4) is 11.5 Å². The van der Waals surface area contributed by atoms with Crippen molar-refractivity contribution in [1.82, 2.24) is 0 Å². The van der Waals surface area contributed by atoms with Crippen molar-refractivity contribution in [2.75, 3.05) is 12.1 Å². The summed E-state index contributed by atoms with van der Waals surface area (Å²) in [6, 6.07) is 9.62. The summed E-state index contributed by atoms with van der Waals surface area (Å²) in [5, 5.41) is 7.75. The third-order valence-corrected chi connectivity index (χ3v) is 4.53. The summed E-state index contributed by atoms with van der Waals surface area (Å²) in [7, 11) is -3.83. The SMILES string of the molecule is Cc1ccc(S(N)(=O)=O)cc1NC(=O)C=Cc1ccc2c(c1)OCO2. The summed E-state index contributed by atoms with van der Waals surface area (Å²) in [5.41, 5.74) is 1.87. The number of anilines is 1. The molecule has 0 aromatic heterocycles. The smallest absolute Gasteiger partial charge is 0.248 e. The Hall–Kier alpha value is -2.84. The molecule has 3 rings (SSSR count). The number of ether oxygens (including phenoxy) is 2. The minimum atomic E-state index is -3.83. The highest BCUT2D eigenvalue weighted by molar-refractivity contribution is 7.89. The lowest BCUT2D eigenvalue weighted by Crippen LogP contribution is -2.14. The van der Waals surface area contributed by atoms with Gasteiger partial charge in [-0.05, 0) is 48.4 Å². The number of carbonyl (C=O) groups is 1. The maximum absolute atomic E-state index is 12.1. The summed E-state index contributed by atoms with van der Waals surface area (Å²) in [5.74, 6) is 0.892. The average molecular weight is 360 g/mol. The monoisotopic (exact) mass is 360 g/mol. The van der Waals surface area contributed by atoms with Gasteiger partial charge in [-0.25, -0.2) is 13.6 Å². The standard InChI is InChI=1S/C17H16N2O5S/c1-11-2-5-13(25(18,21)22)9-14(11)19-17(20)7-4-12-3-6-15-16(8-12)24-10-23-15/h2-9H,10H2,1H3,(H,19,20)(H2,18,21,22). The molecule has 0 fully saturated rings. The van der Waals surface area contributed by atoms with Gasteiger partial charge in [0.15, 0.2) is 11.5 Å². The van der Waals surface area contributed by atoms with Crippen molar-refractivity contribution < 1.29 is 22.7 Å². The summed E-state index contributed by atoms with van der Waals surface area (Å²) < 4.78 is 33.3. The molecule has 0 bridgehead atoms. The van der Waals surface area contributed by atoms with E-state index < -0.39 is 15.9 Å². The molecule has 8 heteroatoms. The van der Waals surface area contributed by atoms with E-state index >= 15 is 0 Å². The molecular weight excluding hydrogens is 344 g/mol. The van der Waals surface area contributed by atoms with Crippen LogP contribution in [0.3, 0.4) is 0 Å². The van der Waals surface area contributed by atoms with Crippen LogP contribution < -0.4 is 19.9 Å². The Labute approximate surface area is 145 Å². The summed E-state index contributed by atoms with van der Waals surface area (Å²) >= 11 is 0. The van der Waals surface area contributed by atoms with Crippen molar-refractivity contribution in [2.24, 2.45) is 5.14 Å². The Morgan fingerprint density at radius 1 is 1.16 bits per heavy atom. The van der Waals surface area contributed by atoms with Crippen LogP contribution in [0.25, 0.3) is 6.08 Å². The maximum atomic E-state index is 12.1. The van der Waals surface area contributed by atoms with Crippen molar-refractivity contribution in [3.63, 3.8) is 0 Å². The Morgan fingerprint density at radius 3 is 2.68 bits per heavy atom. The van der Waals surface area contributed by atoms with E-state index in [4.69, 9.17) is 14.6 Å². The van der Waals surface area contributed by atoms with E-state index in [1.165, 1.54) is 18.2 Å². The van der Waals surface area contributed by atoms with Gasteiger partial charge in [0.2, 0.25) is 22.7 Å². The van der Waals surface area contributed by atoms with Gasteiger partial charge in [-0.15, -0.1) is 0 Å². The number of fused-ring (bicyclic) bond motifs is 1. The molecule has 7 nitrogen and oxygen atoms in total. The molecular formula is C17H16N2O5S. The van der Waals surface area contributed by atoms with E-state index in [1.807, 2.05) is 0 Å². The highest BCUT2D eigenvalue weighted by Crippen LogP contribution is 2.32. The van der Waals surface area contributed by atoms with E-state index in [0.717, 1.165) is 11.1 Å². The first-order valence-electron chi connectivity index (χ1n) is 7.35. The van der Waals surface area contributed by atoms with Gasteiger partial charge in [-0.3, -0.25) is 4.79 Å². The number of nitrogens with two attached hydrogens (primary N) is 1. The first-order valence-corrected chi connectivity index (χ1v) is 8.90. The zero-order valence-corrected chi connectivity index (χ0v) is 14.2. The minimum absolute atomic E-state index is 0.0619. The number of nitrogens with one attached hydrogen (secondary N) is 1. The Kier molecular flexibility index (Phi) is 4.47. The topological polar surface area (TPSA) is 108 Å². The van der Waals surface area contributed by atoms with Crippen LogP contribution in [0.15, 0.2) is 47.4 Å². The summed E-state index contributed by atoms with van der Waals surface area (Å²) in [6.45, 7) is 1.94. The molecule has 130 valence electrons. The molecule has 0 aliphatic carbocycles. The van der Waals surface area contributed by atoms with Crippen molar-refractivity contribution >= 4 is 27.7 Å². The number of carbonyl (C=O) groups excluding carboxylic acids is 1. The lowest BCUT2D eigenvalue weighted by molar-refractivity contribution is -0.111. The van der Waals surface area contributed by atoms with Crippen molar-refractivity contribution in [1.29, 1.82) is 0 Å². The third-order valence-electron chi connectivity index (χ3n) is 3.62. The van der Waals surface area contributed by atoms with Gasteiger partial charge in [0, 0.05) is 11.8 Å². The first-order chi connectivity index (χ1) is 11.8. The average Bonchev–Trinajstić information content (AvgIpc) is 3.01. The van der Waals surface area contributed by atoms with Gasteiger partial charge in [-0.1, -0.05) is 12.1 Å². The van der Waals surface area contributed by atoms with E-state index in [9.17, 15) is 13.2 Å². The largest absolute Gasteiger partial charge is 0.454 e. The minimum Gasteiger partial charge on any atom is -0.454 e. The Balaban J connectivity index is 1.74. The van der Waals surface area contributed by atoms with Crippen LogP contribution in [-0.2, 0) is 14.8 Å². The Bertz CT molecular complexity index is 967. The molecule has 1 aliphatic heterocycles. The number of hydrogen-bond donors (Lipinski definition) is 2. The molecule has 0 atom stereocenters. The second-order valence-corrected chi connectivity index (χ2v) is 7.02. The van der Waals surface area contributed by atoms with Crippen LogP contribution in [0, 0.1) is 6.92 Å². The molecule has 0 radical (unpaired) electrons. The van der Waals surface area contributed by atoms with Crippen LogP contribution >= 0.6 is 0 Å². The Morgan fingerprint density at radius 2 is 1.92 bits per heavy atom. The number of rotatable bonds is 4. The van der Waals surface area contributed by atoms with Crippen molar-refractivity contribution in [3.05, 3.63) is 53.6 Å². The molecule has 25 heavy (non-hydrogen) atoms. The van der Waals surface area contributed by atoms with Gasteiger partial charge >= 0.3 is 0 Å². The molecule has 3 N–H and O–H groups in total. The predicted molar refractivity (Wildman–Crippen MR) is 92.8 cm³/mol. The van der Waals surface area contributed by atoms with Crippen LogP contribution in [0.5, 0.6) is 11.5 Å². The molecule has 1 heterocycles. The van der Waals surface area contributed by atoms with Crippen LogP contribution in [-0.4, -0.2) is 21.1 Å². The number of hydrogen-bond acceptors (Lipinski definition) is 5. The molecule has 0 saturated heterocycles. The first kappa shape index (κ1) is 17.0. The number of aryl methyl sites for hydroxylation is 1. The molecule has 1 amide bonds. The molecule has 2 aromatic carbocycles. The number of sulfonamides is 1. The highest BCUT2D eigenvalue weighted by atomic mass is 32.2. The van der Waals surface area contributed by atoms with Crippen molar-refractivity contribution in [2.45, 2.75) is 11.8 Å². The quantitative estimate of drug-likeness (QED) is 0.811. The molecule has 0 saturated carbocycles. The van der Waals surface area contributed by atoms with Gasteiger partial charge in [0.1, 0.15) is 0 Å². The number of primary sulfonamides is 1. The van der Waals surface area contributed by atoms with E-state index in [1.54, 1.807) is 37.3 Å². The fourth-order valence-electron chi connectivity index (χ4n) is 2.28. The normalized spacial score (nSPS) is 13.2. The lowest BCUT2D eigenvalue weighted by atomic mass is 10.2. The third kappa shape index (κ3) is 3.98. The van der Waals surface area contributed by atoms with Gasteiger partial charge < -0.3 is 14.8 Å². The molecule has 0 unspecified atom stereocenters. The molecule has 2 aromatic rings. The second kappa shape index (κ2) is 6.58. The van der Waals surface area contributed by atoms with Crippen LogP contribution in [0.4, 0.5) is 5.69 Å². The van der Waals surface area contributed by atoms with Crippen LogP contribution in [0.2, 0.25) is 0 Å². The number of benzene rings is 2. The van der Waals surface area contributed by atoms with Crippen LogP contribution in [0.1, 0.15) is 11.1 Å². The zero-order chi connectivity index (χ0) is 18.0.